The summed E-state index contributed by atoms with van der Waals surface area (Å²) in [6, 6.07) is 5.40. The van der Waals surface area contributed by atoms with Gasteiger partial charge in [0.15, 0.2) is 5.78 Å². The fourth-order valence-electron chi connectivity index (χ4n) is 1.52. The van der Waals surface area contributed by atoms with Crippen LogP contribution < -0.4 is 5.32 Å². The number of nitrogens with one attached hydrogen (secondary N) is 1. The molecule has 1 unspecified atom stereocenters. The lowest BCUT2D eigenvalue weighted by molar-refractivity contribution is 0.0932. The van der Waals surface area contributed by atoms with Crippen molar-refractivity contribution in [3.05, 3.63) is 28.8 Å². The number of Topliss-reactive ketones (excluding diaryl/α,β-unsaturated/α-hetero) is 1. The third-order valence-electron chi connectivity index (χ3n) is 2.31. The highest BCUT2D eigenvalue weighted by Gasteiger charge is 2.24. The van der Waals surface area contributed by atoms with Crippen LogP contribution in [0.25, 0.3) is 0 Å². The Bertz CT molecular complexity index is 362. The van der Waals surface area contributed by atoms with Gasteiger partial charge < -0.3 is 5.32 Å². The summed E-state index contributed by atoms with van der Waals surface area (Å²) in [7, 11) is 0. The molecule has 1 aromatic rings. The Morgan fingerprint density at radius 3 is 3.08 bits per heavy atom. The van der Waals surface area contributed by atoms with E-state index in [1.165, 1.54) is 0 Å². The van der Waals surface area contributed by atoms with Gasteiger partial charge in [0.1, 0.15) is 0 Å². The van der Waals surface area contributed by atoms with Crippen molar-refractivity contribution >= 4 is 23.1 Å². The number of benzene rings is 1. The van der Waals surface area contributed by atoms with Gasteiger partial charge in [-0.1, -0.05) is 24.6 Å². The number of carbonyl (C=O) groups excluding carboxylic acids is 1. The molecule has 0 fully saturated rings. The lowest BCUT2D eigenvalue weighted by atomic mass is 9.94. The number of anilines is 1. The van der Waals surface area contributed by atoms with Crippen LogP contribution in [0.5, 0.6) is 0 Å². The first kappa shape index (κ1) is 8.57. The van der Waals surface area contributed by atoms with E-state index < -0.39 is 0 Å². The van der Waals surface area contributed by atoms with E-state index in [0.29, 0.717) is 17.1 Å². The Kier molecular flexibility index (Phi) is 2.00. The van der Waals surface area contributed by atoms with Crippen LogP contribution in [0.4, 0.5) is 5.69 Å². The van der Waals surface area contributed by atoms with E-state index in [0.717, 1.165) is 5.69 Å². The molecule has 1 atom stereocenters. The molecule has 0 saturated heterocycles. The standard InChI is InChI=1S/C10H10ClNO/c1-6-5-12-9-7(10(6)13)3-2-4-8(9)11/h2-4,6,12H,5H2,1H3. The second-order valence-electron chi connectivity index (χ2n) is 3.31. The minimum Gasteiger partial charge on any atom is -0.383 e. The number of ketones is 1. The molecule has 1 aliphatic rings. The van der Waals surface area contributed by atoms with E-state index in [1.54, 1.807) is 12.1 Å². The van der Waals surface area contributed by atoms with Gasteiger partial charge in [-0.2, -0.15) is 0 Å². The molecule has 2 nitrogen and oxygen atoms in total. The lowest BCUT2D eigenvalue weighted by Gasteiger charge is -2.22. The van der Waals surface area contributed by atoms with Gasteiger partial charge in [-0.15, -0.1) is 0 Å². The molecular formula is C10H10ClNO. The van der Waals surface area contributed by atoms with E-state index in [-0.39, 0.29) is 11.7 Å². The summed E-state index contributed by atoms with van der Waals surface area (Å²) >= 11 is 5.94. The van der Waals surface area contributed by atoms with Crippen LogP contribution in [0.3, 0.4) is 0 Å². The molecule has 0 bridgehead atoms. The van der Waals surface area contributed by atoms with E-state index in [9.17, 15) is 4.79 Å². The Balaban J connectivity index is 2.55. The maximum Gasteiger partial charge on any atom is 0.169 e. The highest BCUT2D eigenvalue weighted by molar-refractivity contribution is 6.34. The fraction of sp³-hybridized carbons (Fsp3) is 0.300. The molecule has 1 heterocycles. The molecule has 1 N–H and O–H groups in total. The van der Waals surface area contributed by atoms with E-state index >= 15 is 0 Å². The van der Waals surface area contributed by atoms with E-state index in [1.807, 2.05) is 13.0 Å². The second kappa shape index (κ2) is 3.04. The molecular weight excluding hydrogens is 186 g/mol. The summed E-state index contributed by atoms with van der Waals surface area (Å²) in [6.07, 6.45) is 0. The van der Waals surface area contributed by atoms with Gasteiger partial charge in [0.25, 0.3) is 0 Å². The SMILES string of the molecule is CC1CNc2c(Cl)cccc2C1=O. The van der Waals surface area contributed by atoms with Gasteiger partial charge in [-0.05, 0) is 12.1 Å². The van der Waals surface area contributed by atoms with E-state index in [2.05, 4.69) is 5.32 Å². The average molecular weight is 196 g/mol. The van der Waals surface area contributed by atoms with Crippen molar-refractivity contribution in [3.8, 4) is 0 Å². The largest absolute Gasteiger partial charge is 0.383 e. The zero-order chi connectivity index (χ0) is 9.42. The van der Waals surface area contributed by atoms with Crippen molar-refractivity contribution in [3.63, 3.8) is 0 Å². The molecule has 0 aliphatic carbocycles. The third-order valence-corrected chi connectivity index (χ3v) is 2.63. The summed E-state index contributed by atoms with van der Waals surface area (Å²) in [5, 5.41) is 3.78. The Morgan fingerprint density at radius 1 is 1.54 bits per heavy atom. The third kappa shape index (κ3) is 1.31. The normalized spacial score (nSPS) is 20.8. The molecule has 3 heteroatoms. The predicted octanol–water partition coefficient (Wildman–Crippen LogP) is 2.58. The molecule has 0 amide bonds. The van der Waals surface area contributed by atoms with Gasteiger partial charge in [-0.25, -0.2) is 0 Å². The molecule has 0 saturated carbocycles. The predicted molar refractivity (Wildman–Crippen MR) is 53.4 cm³/mol. The molecule has 2 rings (SSSR count). The summed E-state index contributed by atoms with van der Waals surface area (Å²) in [4.78, 5) is 11.7. The van der Waals surface area contributed by atoms with Gasteiger partial charge in [0.05, 0.1) is 10.7 Å². The quantitative estimate of drug-likeness (QED) is 0.690. The zero-order valence-corrected chi connectivity index (χ0v) is 8.06. The Morgan fingerprint density at radius 2 is 2.31 bits per heavy atom. The van der Waals surface area contributed by atoms with Gasteiger partial charge >= 0.3 is 0 Å². The van der Waals surface area contributed by atoms with Crippen molar-refractivity contribution in [2.75, 3.05) is 11.9 Å². The van der Waals surface area contributed by atoms with Crippen molar-refractivity contribution in [1.29, 1.82) is 0 Å². The maximum absolute atomic E-state index is 11.7. The summed E-state index contributed by atoms with van der Waals surface area (Å²) in [6.45, 7) is 2.59. The van der Waals surface area contributed by atoms with Gasteiger partial charge in [-0.3, -0.25) is 4.79 Å². The molecule has 1 aromatic carbocycles. The fourth-order valence-corrected chi connectivity index (χ4v) is 1.76. The summed E-state index contributed by atoms with van der Waals surface area (Å²) in [5.74, 6) is 0.224. The molecule has 0 aromatic heterocycles. The molecule has 0 spiro atoms. The first-order chi connectivity index (χ1) is 6.20. The van der Waals surface area contributed by atoms with Crippen LogP contribution in [-0.2, 0) is 0 Å². The smallest absolute Gasteiger partial charge is 0.169 e. The number of rotatable bonds is 0. The van der Waals surface area contributed by atoms with Crippen LogP contribution in [0.15, 0.2) is 18.2 Å². The number of hydrogen-bond donors (Lipinski definition) is 1. The van der Waals surface area contributed by atoms with Crippen LogP contribution >= 0.6 is 11.6 Å². The number of fused-ring (bicyclic) bond motifs is 1. The molecule has 68 valence electrons. The number of halogens is 1. The first-order valence-corrected chi connectivity index (χ1v) is 4.64. The van der Waals surface area contributed by atoms with Gasteiger partial charge in [0, 0.05) is 18.0 Å². The van der Waals surface area contributed by atoms with Gasteiger partial charge in [0.2, 0.25) is 0 Å². The first-order valence-electron chi connectivity index (χ1n) is 4.26. The van der Waals surface area contributed by atoms with Crippen LogP contribution in [-0.4, -0.2) is 12.3 Å². The average Bonchev–Trinajstić information content (AvgIpc) is 2.12. The zero-order valence-electron chi connectivity index (χ0n) is 7.30. The highest BCUT2D eigenvalue weighted by Crippen LogP contribution is 2.31. The van der Waals surface area contributed by atoms with E-state index in [4.69, 9.17) is 11.6 Å². The molecule has 13 heavy (non-hydrogen) atoms. The van der Waals surface area contributed by atoms with Crippen molar-refractivity contribution in [2.24, 2.45) is 5.92 Å². The topological polar surface area (TPSA) is 29.1 Å². The second-order valence-corrected chi connectivity index (χ2v) is 3.72. The minimum absolute atomic E-state index is 0.0472. The lowest BCUT2D eigenvalue weighted by Crippen LogP contribution is -2.27. The number of hydrogen-bond acceptors (Lipinski definition) is 2. The minimum atomic E-state index is 0.0472. The number of carbonyl (C=O) groups is 1. The van der Waals surface area contributed by atoms with Crippen molar-refractivity contribution < 1.29 is 4.79 Å². The molecule has 1 aliphatic heterocycles. The van der Waals surface area contributed by atoms with Crippen molar-refractivity contribution in [2.45, 2.75) is 6.92 Å². The number of para-hydroxylation sites is 1. The summed E-state index contributed by atoms with van der Waals surface area (Å²) in [5.41, 5.74) is 1.50. The Hall–Kier alpha value is -1.02. The van der Waals surface area contributed by atoms with Crippen molar-refractivity contribution in [1.82, 2.24) is 0 Å². The monoisotopic (exact) mass is 195 g/mol. The summed E-state index contributed by atoms with van der Waals surface area (Å²) < 4.78 is 0. The molecule has 0 radical (unpaired) electrons. The van der Waals surface area contributed by atoms with Crippen LogP contribution in [0.2, 0.25) is 5.02 Å². The maximum atomic E-state index is 11.7. The van der Waals surface area contributed by atoms with Crippen LogP contribution in [0, 0.1) is 5.92 Å². The highest BCUT2D eigenvalue weighted by atomic mass is 35.5. The Labute approximate surface area is 81.9 Å². The van der Waals surface area contributed by atoms with Crippen LogP contribution in [0.1, 0.15) is 17.3 Å².